The number of nitrogens with one attached hydrogen (secondary N) is 1. The van der Waals surface area contributed by atoms with E-state index in [-0.39, 0.29) is 6.04 Å². The summed E-state index contributed by atoms with van der Waals surface area (Å²) in [6.45, 7) is 3.36. The van der Waals surface area contributed by atoms with Gasteiger partial charge in [-0.25, -0.2) is 15.0 Å². The van der Waals surface area contributed by atoms with Crippen LogP contribution in [0.4, 0.5) is 5.82 Å². The molecule has 2 aromatic heterocycles. The molecular formula is C22H25N5O4. The van der Waals surface area contributed by atoms with Crippen molar-refractivity contribution in [3.63, 3.8) is 0 Å². The highest BCUT2D eigenvalue weighted by Crippen LogP contribution is 2.33. The van der Waals surface area contributed by atoms with Crippen molar-refractivity contribution in [2.24, 2.45) is 0 Å². The predicted octanol–water partition coefficient (Wildman–Crippen LogP) is 1.67. The van der Waals surface area contributed by atoms with Gasteiger partial charge in [0.05, 0.1) is 19.0 Å². The van der Waals surface area contributed by atoms with E-state index in [1.54, 1.807) is 17.0 Å². The second-order valence-corrected chi connectivity index (χ2v) is 7.94. The highest BCUT2D eigenvalue weighted by molar-refractivity contribution is 5.82. The molecule has 3 aromatic rings. The van der Waals surface area contributed by atoms with Crippen LogP contribution in [0.3, 0.4) is 0 Å². The summed E-state index contributed by atoms with van der Waals surface area (Å²) in [4.78, 5) is 13.1. The first-order chi connectivity index (χ1) is 15.1. The third-order valence-corrected chi connectivity index (χ3v) is 5.83. The molecule has 2 fully saturated rings. The summed E-state index contributed by atoms with van der Waals surface area (Å²) in [7, 11) is 0. The summed E-state index contributed by atoms with van der Waals surface area (Å²) in [6.07, 6.45) is 3.91. The number of ether oxygens (including phenoxy) is 2. The largest absolute Gasteiger partial charge is 0.387 e. The fraction of sp³-hybridized carbons (Fsp3) is 0.409. The van der Waals surface area contributed by atoms with Crippen LogP contribution < -0.4 is 5.32 Å². The number of hydrogen-bond donors (Lipinski definition) is 3. The van der Waals surface area contributed by atoms with Crippen molar-refractivity contribution in [1.29, 1.82) is 0 Å². The summed E-state index contributed by atoms with van der Waals surface area (Å²) in [6, 6.07) is 8.11. The molecule has 162 valence electrons. The molecule has 0 spiro atoms. The molecule has 1 unspecified atom stereocenters. The maximum atomic E-state index is 10.7. The Bertz CT molecular complexity index is 1090. The van der Waals surface area contributed by atoms with Crippen molar-refractivity contribution in [1.82, 2.24) is 19.5 Å². The van der Waals surface area contributed by atoms with Crippen molar-refractivity contribution in [3.05, 3.63) is 54.1 Å². The first-order valence-electron chi connectivity index (χ1n) is 10.4. The van der Waals surface area contributed by atoms with Gasteiger partial charge < -0.3 is 25.0 Å². The second kappa shape index (κ2) is 8.35. The number of imidazole rings is 1. The summed E-state index contributed by atoms with van der Waals surface area (Å²) < 4.78 is 13.1. The Labute approximate surface area is 179 Å². The molecule has 2 aliphatic rings. The van der Waals surface area contributed by atoms with Gasteiger partial charge in [-0.2, -0.15) is 0 Å². The van der Waals surface area contributed by atoms with E-state index in [1.807, 2.05) is 37.3 Å². The first kappa shape index (κ1) is 20.1. The molecular weight excluding hydrogens is 398 g/mol. The summed E-state index contributed by atoms with van der Waals surface area (Å²) in [5.74, 6) is 0.614. The van der Waals surface area contributed by atoms with Crippen LogP contribution >= 0.6 is 0 Å². The van der Waals surface area contributed by atoms with E-state index in [0.29, 0.717) is 23.6 Å². The van der Waals surface area contributed by atoms with Gasteiger partial charge >= 0.3 is 0 Å². The van der Waals surface area contributed by atoms with Gasteiger partial charge in [-0.3, -0.25) is 4.57 Å². The van der Waals surface area contributed by atoms with Gasteiger partial charge in [0.2, 0.25) is 0 Å². The van der Waals surface area contributed by atoms with Crippen LogP contribution in [0.2, 0.25) is 0 Å². The van der Waals surface area contributed by atoms with E-state index in [4.69, 9.17) is 9.47 Å². The van der Waals surface area contributed by atoms with Crippen LogP contribution in [-0.2, 0) is 9.47 Å². The van der Waals surface area contributed by atoms with Crippen molar-refractivity contribution in [2.75, 3.05) is 18.5 Å². The van der Waals surface area contributed by atoms with Crippen LogP contribution in [0.25, 0.3) is 17.2 Å². The summed E-state index contributed by atoms with van der Waals surface area (Å²) >= 11 is 0. The number of fused-ring (bicyclic) bond motifs is 1. The lowest BCUT2D eigenvalue weighted by atomic mass is 10.1. The minimum Gasteiger partial charge on any atom is -0.387 e. The number of rotatable bonds is 5. The molecule has 9 heteroatoms. The SMILES string of the molecule is Cc1ccccc1/C=C/[C@H]1O[C@@H](n2cnc3c(NC4CCOC4)ncnc32)[C@H](O)[C@@H]1O. The number of hydrogen-bond acceptors (Lipinski definition) is 8. The Hall–Kier alpha value is -2.85. The minimum atomic E-state index is -1.13. The lowest BCUT2D eigenvalue weighted by Crippen LogP contribution is -2.30. The quantitative estimate of drug-likeness (QED) is 0.568. The van der Waals surface area contributed by atoms with Crippen molar-refractivity contribution in [2.45, 2.75) is 43.9 Å². The second-order valence-electron chi connectivity index (χ2n) is 7.94. The molecule has 0 amide bonds. The number of aliphatic hydroxyl groups excluding tert-OH is 2. The predicted molar refractivity (Wildman–Crippen MR) is 114 cm³/mol. The van der Waals surface area contributed by atoms with Gasteiger partial charge in [0.15, 0.2) is 23.2 Å². The highest BCUT2D eigenvalue weighted by atomic mass is 16.6. The van der Waals surface area contributed by atoms with Crippen molar-refractivity contribution in [3.8, 4) is 0 Å². The molecule has 31 heavy (non-hydrogen) atoms. The zero-order valence-corrected chi connectivity index (χ0v) is 17.1. The van der Waals surface area contributed by atoms with Crippen LogP contribution in [0.15, 0.2) is 43.0 Å². The van der Waals surface area contributed by atoms with Gasteiger partial charge in [-0.05, 0) is 24.5 Å². The summed E-state index contributed by atoms with van der Waals surface area (Å²) in [5.41, 5.74) is 3.26. The van der Waals surface area contributed by atoms with Crippen LogP contribution in [0.1, 0.15) is 23.8 Å². The van der Waals surface area contributed by atoms with E-state index in [2.05, 4.69) is 20.3 Å². The van der Waals surface area contributed by atoms with E-state index >= 15 is 0 Å². The zero-order valence-electron chi connectivity index (χ0n) is 17.1. The summed E-state index contributed by atoms with van der Waals surface area (Å²) in [5, 5.41) is 24.6. The molecule has 5 atom stereocenters. The first-order valence-corrected chi connectivity index (χ1v) is 10.4. The van der Waals surface area contributed by atoms with Gasteiger partial charge in [-0.15, -0.1) is 0 Å². The van der Waals surface area contributed by atoms with Crippen molar-refractivity contribution < 1.29 is 19.7 Å². The smallest absolute Gasteiger partial charge is 0.167 e. The molecule has 0 bridgehead atoms. The topological polar surface area (TPSA) is 115 Å². The molecule has 0 aliphatic carbocycles. The molecule has 2 saturated heterocycles. The minimum absolute atomic E-state index is 0.175. The Balaban J connectivity index is 1.39. The molecule has 3 N–H and O–H groups in total. The number of aryl methyl sites for hydroxylation is 1. The highest BCUT2D eigenvalue weighted by Gasteiger charge is 2.43. The number of anilines is 1. The van der Waals surface area contributed by atoms with Gasteiger partial charge in [0.25, 0.3) is 0 Å². The Morgan fingerprint density at radius 2 is 2.03 bits per heavy atom. The molecule has 1 aromatic carbocycles. The molecule has 0 radical (unpaired) electrons. The normalized spacial score (nSPS) is 28.7. The molecule has 0 saturated carbocycles. The molecule has 4 heterocycles. The fourth-order valence-corrected chi connectivity index (χ4v) is 4.03. The fourth-order valence-electron chi connectivity index (χ4n) is 4.03. The number of aromatic nitrogens is 4. The van der Waals surface area contributed by atoms with Gasteiger partial charge in [0.1, 0.15) is 24.6 Å². The van der Waals surface area contributed by atoms with Crippen LogP contribution in [0, 0.1) is 6.92 Å². The maximum absolute atomic E-state index is 10.7. The van der Waals surface area contributed by atoms with Crippen LogP contribution in [0.5, 0.6) is 0 Å². The maximum Gasteiger partial charge on any atom is 0.167 e. The molecule has 5 rings (SSSR count). The van der Waals surface area contributed by atoms with Gasteiger partial charge in [0, 0.05) is 6.61 Å². The van der Waals surface area contributed by atoms with E-state index < -0.39 is 24.5 Å². The van der Waals surface area contributed by atoms with Crippen molar-refractivity contribution >= 4 is 23.1 Å². The third kappa shape index (κ3) is 3.81. The number of aliphatic hydroxyl groups is 2. The molecule has 2 aliphatic heterocycles. The van der Waals surface area contributed by atoms with E-state index in [1.165, 1.54) is 6.33 Å². The number of benzene rings is 1. The lowest BCUT2D eigenvalue weighted by molar-refractivity contribution is -0.0243. The Kier molecular flexibility index (Phi) is 5.41. The van der Waals surface area contributed by atoms with E-state index in [0.717, 1.165) is 24.2 Å². The average Bonchev–Trinajstić information content (AvgIpc) is 3.50. The third-order valence-electron chi connectivity index (χ3n) is 5.83. The molecule has 9 nitrogen and oxygen atoms in total. The Morgan fingerprint density at radius 3 is 2.84 bits per heavy atom. The Morgan fingerprint density at radius 1 is 1.16 bits per heavy atom. The van der Waals surface area contributed by atoms with Gasteiger partial charge in [-0.1, -0.05) is 36.4 Å². The number of nitrogens with zero attached hydrogens (tertiary/aromatic N) is 4. The lowest BCUT2D eigenvalue weighted by Gasteiger charge is -2.16. The van der Waals surface area contributed by atoms with E-state index in [9.17, 15) is 10.2 Å². The monoisotopic (exact) mass is 423 g/mol. The zero-order chi connectivity index (χ0) is 21.4. The standard InChI is InChI=1S/C22H25N5O4/c1-13-4-2-3-5-14(13)6-7-16-18(28)19(29)22(31-16)27-12-25-17-20(23-11-24-21(17)27)26-15-8-9-30-10-15/h2-7,11-12,15-16,18-19,22,28-29H,8-10H2,1H3,(H,23,24,26)/b7-6+/t15?,16-,18-,19-,22-/m1/s1. The van der Waals surface area contributed by atoms with Crippen LogP contribution in [-0.4, -0.2) is 67.3 Å². The average molecular weight is 423 g/mol.